The smallest absolute Gasteiger partial charge is 0.320 e. The number of aliphatic hydroxyl groups is 1. The van der Waals surface area contributed by atoms with Crippen LogP contribution in [0, 0.1) is 0 Å². The number of aliphatic carboxylic acids is 1. The topological polar surface area (TPSA) is 78.6 Å². The van der Waals surface area contributed by atoms with Crippen molar-refractivity contribution in [3.63, 3.8) is 0 Å². The van der Waals surface area contributed by atoms with Gasteiger partial charge in [0.25, 0.3) is 0 Å². The van der Waals surface area contributed by atoms with Crippen LogP contribution in [0.2, 0.25) is 0 Å². The Morgan fingerprint density at radius 1 is 1.71 bits per heavy atom. The summed E-state index contributed by atoms with van der Waals surface area (Å²) in [5.41, 5.74) is 1.59. The fourth-order valence-corrected chi connectivity index (χ4v) is 2.24. The number of hydrogen-bond acceptors (Lipinski definition) is 4. The van der Waals surface area contributed by atoms with Gasteiger partial charge < -0.3 is 10.2 Å². The maximum absolute atomic E-state index is 11.0. The predicted octanol–water partition coefficient (Wildman–Crippen LogP) is 0.0526. The van der Waals surface area contributed by atoms with Gasteiger partial charge in [0.2, 0.25) is 0 Å². The minimum absolute atomic E-state index is 0.0805. The summed E-state index contributed by atoms with van der Waals surface area (Å²) in [6.07, 6.45) is 0. The van der Waals surface area contributed by atoms with Gasteiger partial charge in [0.05, 0.1) is 24.5 Å². The van der Waals surface area contributed by atoms with E-state index in [4.69, 9.17) is 10.2 Å². The lowest BCUT2D eigenvalue weighted by Crippen LogP contribution is -2.49. The van der Waals surface area contributed by atoms with Crippen LogP contribution >= 0.6 is 0 Å². The van der Waals surface area contributed by atoms with Gasteiger partial charge in [-0.15, -0.1) is 0 Å². The van der Waals surface area contributed by atoms with Crippen LogP contribution in [-0.4, -0.2) is 42.9 Å². The Morgan fingerprint density at radius 3 is 3.00 bits per heavy atom. The molecule has 0 saturated heterocycles. The van der Waals surface area contributed by atoms with Crippen molar-refractivity contribution in [3.8, 4) is 0 Å². The largest absolute Gasteiger partial charge is 0.480 e. The molecule has 2 heterocycles. The molecule has 0 fully saturated rings. The second kappa shape index (κ2) is 4.46. The van der Waals surface area contributed by atoms with Crippen molar-refractivity contribution in [1.82, 2.24) is 14.7 Å². The summed E-state index contributed by atoms with van der Waals surface area (Å²) >= 11 is 0. The Hall–Kier alpha value is -1.40. The number of carboxylic acids is 1. The molecule has 0 aliphatic carbocycles. The van der Waals surface area contributed by atoms with E-state index < -0.39 is 12.0 Å². The number of carboxylic acid groups (broad SMARTS) is 1. The molecule has 0 radical (unpaired) electrons. The Labute approximate surface area is 99.5 Å². The number of rotatable bonds is 3. The molecule has 0 saturated carbocycles. The Balaban J connectivity index is 2.22. The first-order valence-corrected chi connectivity index (χ1v) is 5.68. The van der Waals surface area contributed by atoms with E-state index in [1.54, 1.807) is 6.92 Å². The number of aromatic nitrogens is 2. The highest BCUT2D eigenvalue weighted by Crippen LogP contribution is 2.20. The zero-order valence-electron chi connectivity index (χ0n) is 10.00. The van der Waals surface area contributed by atoms with Gasteiger partial charge in [-0.05, 0) is 19.9 Å². The third-order valence-electron chi connectivity index (χ3n) is 3.28. The molecular weight excluding hydrogens is 222 g/mol. The molecule has 1 aliphatic rings. The minimum atomic E-state index is -0.813. The molecule has 0 bridgehead atoms. The number of aliphatic hydroxyl groups excluding tert-OH is 1. The monoisotopic (exact) mass is 239 g/mol. The van der Waals surface area contributed by atoms with E-state index in [1.165, 1.54) is 0 Å². The summed E-state index contributed by atoms with van der Waals surface area (Å²) in [5.74, 6) is -0.813. The summed E-state index contributed by atoms with van der Waals surface area (Å²) in [6.45, 7) is 4.82. The molecule has 0 aromatic carbocycles. The molecule has 6 nitrogen and oxygen atoms in total. The molecule has 17 heavy (non-hydrogen) atoms. The quantitative estimate of drug-likeness (QED) is 0.779. The van der Waals surface area contributed by atoms with Crippen LogP contribution in [0.25, 0.3) is 0 Å². The lowest BCUT2D eigenvalue weighted by atomic mass is 10.1. The average molecular weight is 239 g/mol. The third kappa shape index (κ3) is 2.18. The summed E-state index contributed by atoms with van der Waals surface area (Å²) < 4.78 is 1.85. The molecule has 2 atom stereocenters. The summed E-state index contributed by atoms with van der Waals surface area (Å²) in [4.78, 5) is 12.9. The highest BCUT2D eigenvalue weighted by molar-refractivity contribution is 5.72. The van der Waals surface area contributed by atoms with E-state index in [2.05, 4.69) is 5.10 Å². The van der Waals surface area contributed by atoms with E-state index in [0.717, 1.165) is 5.69 Å². The zero-order valence-corrected chi connectivity index (χ0v) is 10.00. The van der Waals surface area contributed by atoms with Crippen LogP contribution in [-0.2, 0) is 24.5 Å². The summed E-state index contributed by atoms with van der Waals surface area (Å²) in [7, 11) is 0. The summed E-state index contributed by atoms with van der Waals surface area (Å²) in [6, 6.07) is 1.44. The lowest BCUT2D eigenvalue weighted by molar-refractivity contribution is -0.144. The van der Waals surface area contributed by atoms with E-state index >= 15 is 0 Å². The fourth-order valence-electron chi connectivity index (χ4n) is 2.24. The number of carbonyl (C=O) groups is 1. The lowest BCUT2D eigenvalue weighted by Gasteiger charge is -2.36. The van der Waals surface area contributed by atoms with Crippen molar-refractivity contribution in [3.05, 3.63) is 17.5 Å². The highest BCUT2D eigenvalue weighted by atomic mass is 16.4. The minimum Gasteiger partial charge on any atom is -0.480 e. The molecule has 0 unspecified atom stereocenters. The molecule has 0 amide bonds. The standard InChI is InChI=1S/C11H17N3O3/c1-7-4-14-10(3-9(6-15)12-14)5-13(7)8(2)11(16)17/h3,7-8,15H,4-6H2,1-2H3,(H,16,17)/t7-,8+/m1/s1. The molecule has 1 aromatic heterocycles. The van der Waals surface area contributed by atoms with Crippen LogP contribution < -0.4 is 0 Å². The van der Waals surface area contributed by atoms with E-state index in [1.807, 2.05) is 22.6 Å². The number of fused-ring (bicyclic) bond motifs is 1. The molecule has 2 rings (SSSR count). The van der Waals surface area contributed by atoms with Crippen LogP contribution in [0.3, 0.4) is 0 Å². The number of nitrogens with zero attached hydrogens (tertiary/aromatic N) is 3. The molecule has 1 aliphatic heterocycles. The molecule has 6 heteroatoms. The van der Waals surface area contributed by atoms with E-state index in [9.17, 15) is 4.79 Å². The van der Waals surface area contributed by atoms with Crippen LogP contribution in [0.4, 0.5) is 0 Å². The van der Waals surface area contributed by atoms with Gasteiger partial charge in [-0.3, -0.25) is 14.4 Å². The predicted molar refractivity (Wildman–Crippen MR) is 60.3 cm³/mol. The maximum Gasteiger partial charge on any atom is 0.320 e. The average Bonchev–Trinajstić information content (AvgIpc) is 2.68. The van der Waals surface area contributed by atoms with Crippen LogP contribution in [0.15, 0.2) is 6.07 Å². The van der Waals surface area contributed by atoms with Gasteiger partial charge in [0, 0.05) is 12.6 Å². The van der Waals surface area contributed by atoms with E-state index in [-0.39, 0.29) is 12.6 Å². The first kappa shape index (κ1) is 12.1. The summed E-state index contributed by atoms with van der Waals surface area (Å²) in [5, 5.41) is 22.3. The molecule has 94 valence electrons. The van der Waals surface area contributed by atoms with Crippen molar-refractivity contribution in [2.75, 3.05) is 0 Å². The third-order valence-corrected chi connectivity index (χ3v) is 3.28. The molecule has 1 aromatic rings. The first-order valence-electron chi connectivity index (χ1n) is 5.68. The second-order valence-corrected chi connectivity index (χ2v) is 4.50. The Bertz CT molecular complexity index is 430. The molecule has 0 spiro atoms. The highest BCUT2D eigenvalue weighted by Gasteiger charge is 2.30. The van der Waals surface area contributed by atoms with Crippen molar-refractivity contribution >= 4 is 5.97 Å². The second-order valence-electron chi connectivity index (χ2n) is 4.50. The Morgan fingerprint density at radius 2 is 2.41 bits per heavy atom. The zero-order chi connectivity index (χ0) is 12.6. The Kier molecular flexibility index (Phi) is 3.17. The maximum atomic E-state index is 11.0. The van der Waals surface area contributed by atoms with Crippen molar-refractivity contribution < 1.29 is 15.0 Å². The van der Waals surface area contributed by atoms with Gasteiger partial charge in [-0.2, -0.15) is 5.10 Å². The van der Waals surface area contributed by atoms with Gasteiger partial charge >= 0.3 is 5.97 Å². The van der Waals surface area contributed by atoms with Crippen LogP contribution in [0.5, 0.6) is 0 Å². The molecule has 2 N–H and O–H groups in total. The fraction of sp³-hybridized carbons (Fsp3) is 0.636. The van der Waals surface area contributed by atoms with Gasteiger partial charge in [-0.25, -0.2) is 0 Å². The van der Waals surface area contributed by atoms with Gasteiger partial charge in [0.1, 0.15) is 6.04 Å². The molecular formula is C11H17N3O3. The van der Waals surface area contributed by atoms with Gasteiger partial charge in [-0.1, -0.05) is 0 Å². The van der Waals surface area contributed by atoms with Crippen LogP contribution in [0.1, 0.15) is 25.2 Å². The SMILES string of the molecule is C[C@@H]1Cn2nc(CO)cc2CN1[C@@H](C)C(=O)O. The van der Waals surface area contributed by atoms with Crippen molar-refractivity contribution in [2.24, 2.45) is 0 Å². The van der Waals surface area contributed by atoms with Gasteiger partial charge in [0.15, 0.2) is 0 Å². The van der Waals surface area contributed by atoms with Crippen molar-refractivity contribution in [2.45, 2.75) is 45.6 Å². The normalized spacial score (nSPS) is 22.2. The first-order chi connectivity index (χ1) is 8.02. The van der Waals surface area contributed by atoms with Crippen molar-refractivity contribution in [1.29, 1.82) is 0 Å². The van der Waals surface area contributed by atoms with E-state index in [0.29, 0.717) is 18.8 Å². The number of hydrogen-bond donors (Lipinski definition) is 2.